The van der Waals surface area contributed by atoms with Crippen LogP contribution in [-0.2, 0) is 19.4 Å². The molecule has 1 atom stereocenters. The molecule has 2 aromatic rings. The first-order valence-electron chi connectivity index (χ1n) is 8.76. The summed E-state index contributed by atoms with van der Waals surface area (Å²) >= 11 is 0. The molecule has 3 rings (SSSR count). The average Bonchev–Trinajstić information content (AvgIpc) is 3.09. The zero-order chi connectivity index (χ0) is 17.8. The second-order valence-electron chi connectivity index (χ2n) is 6.74. The molecule has 1 aromatic heterocycles. The number of aliphatic hydroxyl groups excluding tert-OH is 1. The zero-order valence-electron chi connectivity index (χ0n) is 14.5. The number of aliphatic hydroxyl groups is 1. The van der Waals surface area contributed by atoms with Crippen molar-refractivity contribution in [3.05, 3.63) is 69.1 Å². The molecule has 0 fully saturated rings. The summed E-state index contributed by atoms with van der Waals surface area (Å²) in [5.41, 5.74) is 3.69. The van der Waals surface area contributed by atoms with E-state index in [1.165, 1.54) is 11.6 Å². The van der Waals surface area contributed by atoms with E-state index in [9.17, 15) is 14.7 Å². The first kappa shape index (κ1) is 17.4. The number of amides is 1. The molecule has 0 spiro atoms. The zero-order valence-corrected chi connectivity index (χ0v) is 14.5. The van der Waals surface area contributed by atoms with Gasteiger partial charge < -0.3 is 15.0 Å². The van der Waals surface area contributed by atoms with Gasteiger partial charge >= 0.3 is 0 Å². The molecule has 2 heterocycles. The summed E-state index contributed by atoms with van der Waals surface area (Å²) in [4.78, 5) is 24.4. The maximum Gasteiger partial charge on any atom is 0.253 e. The standard InChI is InChI=1S/C20H24N2O3/c1-14-4-2-5-15(10-14)11-16(13-23)12-21-20(25)17-7-8-19(24)22-9-3-6-18(17)22/h2,4-5,7-8,10,16,23H,3,6,9,11-13H2,1H3,(H,21,25). The highest BCUT2D eigenvalue weighted by molar-refractivity contribution is 5.95. The number of carbonyl (C=O) groups is 1. The molecule has 5 heteroatoms. The number of aryl methyl sites for hydroxylation is 1. The minimum absolute atomic E-state index is 0.0145. The lowest BCUT2D eigenvalue weighted by Crippen LogP contribution is -2.33. The number of benzene rings is 1. The van der Waals surface area contributed by atoms with Gasteiger partial charge in [-0.05, 0) is 37.8 Å². The first-order valence-corrected chi connectivity index (χ1v) is 8.76. The lowest BCUT2D eigenvalue weighted by molar-refractivity contribution is 0.0938. The van der Waals surface area contributed by atoms with Crippen LogP contribution in [0.2, 0.25) is 0 Å². The van der Waals surface area contributed by atoms with E-state index in [0.29, 0.717) is 25.1 Å². The number of hydrogen-bond acceptors (Lipinski definition) is 3. The normalized spacial score (nSPS) is 14.2. The topological polar surface area (TPSA) is 71.3 Å². The van der Waals surface area contributed by atoms with E-state index in [2.05, 4.69) is 11.4 Å². The van der Waals surface area contributed by atoms with Gasteiger partial charge in [0, 0.05) is 37.4 Å². The van der Waals surface area contributed by atoms with E-state index < -0.39 is 0 Å². The largest absolute Gasteiger partial charge is 0.396 e. The van der Waals surface area contributed by atoms with Gasteiger partial charge in [0.2, 0.25) is 0 Å². The molecule has 2 N–H and O–H groups in total. The van der Waals surface area contributed by atoms with E-state index in [4.69, 9.17) is 0 Å². The SMILES string of the molecule is Cc1cccc(CC(CO)CNC(=O)c2ccc(=O)n3c2CCC3)c1. The maximum absolute atomic E-state index is 12.5. The number of pyridine rings is 1. The van der Waals surface area contributed by atoms with Crippen LogP contribution in [0, 0.1) is 12.8 Å². The summed E-state index contributed by atoms with van der Waals surface area (Å²) < 4.78 is 1.69. The lowest BCUT2D eigenvalue weighted by atomic mass is 9.98. The number of nitrogens with one attached hydrogen (secondary N) is 1. The molecule has 1 aliphatic heterocycles. The Labute approximate surface area is 147 Å². The van der Waals surface area contributed by atoms with Crippen molar-refractivity contribution >= 4 is 5.91 Å². The summed E-state index contributed by atoms with van der Waals surface area (Å²) in [6.07, 6.45) is 2.36. The number of nitrogens with zero attached hydrogens (tertiary/aromatic N) is 1. The smallest absolute Gasteiger partial charge is 0.253 e. The monoisotopic (exact) mass is 340 g/mol. The Morgan fingerprint density at radius 2 is 2.16 bits per heavy atom. The third kappa shape index (κ3) is 3.99. The van der Waals surface area contributed by atoms with Crippen molar-refractivity contribution < 1.29 is 9.90 Å². The molecule has 0 saturated heterocycles. The van der Waals surface area contributed by atoms with Crippen molar-refractivity contribution in [1.29, 1.82) is 0 Å². The van der Waals surface area contributed by atoms with Crippen LogP contribution in [0.1, 0.15) is 33.6 Å². The first-order chi connectivity index (χ1) is 12.1. The fourth-order valence-corrected chi connectivity index (χ4v) is 3.45. The van der Waals surface area contributed by atoms with Crippen molar-refractivity contribution in [2.45, 2.75) is 32.7 Å². The van der Waals surface area contributed by atoms with Crippen LogP contribution in [-0.4, -0.2) is 28.7 Å². The molecular weight excluding hydrogens is 316 g/mol. The van der Waals surface area contributed by atoms with E-state index >= 15 is 0 Å². The third-order valence-electron chi connectivity index (χ3n) is 4.75. The van der Waals surface area contributed by atoms with E-state index in [1.54, 1.807) is 10.6 Å². The minimum Gasteiger partial charge on any atom is -0.396 e. The van der Waals surface area contributed by atoms with E-state index in [0.717, 1.165) is 24.1 Å². The van der Waals surface area contributed by atoms with Gasteiger partial charge in [-0.2, -0.15) is 0 Å². The quantitative estimate of drug-likeness (QED) is 0.840. The summed E-state index contributed by atoms with van der Waals surface area (Å²) in [6, 6.07) is 11.2. The minimum atomic E-state index is -0.173. The van der Waals surface area contributed by atoms with Gasteiger partial charge in [0.15, 0.2) is 0 Å². The number of rotatable bonds is 6. The average molecular weight is 340 g/mol. The number of hydrogen-bond donors (Lipinski definition) is 2. The van der Waals surface area contributed by atoms with Crippen molar-refractivity contribution in [3.8, 4) is 0 Å². The van der Waals surface area contributed by atoms with Crippen LogP contribution in [0.15, 0.2) is 41.2 Å². The van der Waals surface area contributed by atoms with Crippen LogP contribution in [0.5, 0.6) is 0 Å². The third-order valence-corrected chi connectivity index (χ3v) is 4.75. The van der Waals surface area contributed by atoms with Gasteiger partial charge in [-0.25, -0.2) is 0 Å². The van der Waals surface area contributed by atoms with Crippen LogP contribution in [0.25, 0.3) is 0 Å². The second kappa shape index (κ2) is 7.66. The van der Waals surface area contributed by atoms with E-state index in [-0.39, 0.29) is 24.0 Å². The van der Waals surface area contributed by atoms with Gasteiger partial charge in [-0.1, -0.05) is 29.8 Å². The summed E-state index contributed by atoms with van der Waals surface area (Å²) in [7, 11) is 0. The molecule has 1 amide bonds. The molecule has 25 heavy (non-hydrogen) atoms. The molecule has 1 unspecified atom stereocenters. The van der Waals surface area contributed by atoms with Crippen LogP contribution < -0.4 is 10.9 Å². The number of fused-ring (bicyclic) bond motifs is 1. The molecule has 0 bridgehead atoms. The van der Waals surface area contributed by atoms with Crippen molar-refractivity contribution in [3.63, 3.8) is 0 Å². The van der Waals surface area contributed by atoms with Gasteiger partial charge in [0.25, 0.3) is 11.5 Å². The van der Waals surface area contributed by atoms with E-state index in [1.807, 2.05) is 25.1 Å². The molecular formula is C20H24N2O3. The van der Waals surface area contributed by atoms with Gasteiger partial charge in [-0.15, -0.1) is 0 Å². The molecule has 1 aromatic carbocycles. The molecule has 132 valence electrons. The van der Waals surface area contributed by atoms with Gasteiger partial charge in [0.05, 0.1) is 5.56 Å². The molecule has 1 aliphatic rings. The molecule has 0 aliphatic carbocycles. The Hall–Kier alpha value is -2.40. The maximum atomic E-state index is 12.5. The van der Waals surface area contributed by atoms with Crippen LogP contribution in [0.4, 0.5) is 0 Å². The Bertz CT molecular complexity index is 826. The van der Waals surface area contributed by atoms with Crippen LogP contribution >= 0.6 is 0 Å². The Kier molecular flexibility index (Phi) is 5.34. The molecule has 0 saturated carbocycles. The highest BCUT2D eigenvalue weighted by Crippen LogP contribution is 2.17. The molecule has 0 radical (unpaired) electrons. The fourth-order valence-electron chi connectivity index (χ4n) is 3.45. The van der Waals surface area contributed by atoms with Crippen molar-refractivity contribution in [2.75, 3.05) is 13.2 Å². The predicted molar refractivity (Wildman–Crippen MR) is 96.8 cm³/mol. The predicted octanol–water partition coefficient (Wildman–Crippen LogP) is 1.68. The van der Waals surface area contributed by atoms with Crippen molar-refractivity contribution in [1.82, 2.24) is 9.88 Å². The molecule has 5 nitrogen and oxygen atoms in total. The van der Waals surface area contributed by atoms with Gasteiger partial charge in [-0.3, -0.25) is 9.59 Å². The van der Waals surface area contributed by atoms with Gasteiger partial charge in [0.1, 0.15) is 0 Å². The van der Waals surface area contributed by atoms with Crippen molar-refractivity contribution in [2.24, 2.45) is 5.92 Å². The summed E-state index contributed by atoms with van der Waals surface area (Å²) in [5, 5.41) is 12.6. The Morgan fingerprint density at radius 1 is 1.32 bits per heavy atom. The highest BCUT2D eigenvalue weighted by Gasteiger charge is 2.20. The number of carbonyl (C=O) groups excluding carboxylic acids is 1. The lowest BCUT2D eigenvalue weighted by Gasteiger charge is -2.16. The Morgan fingerprint density at radius 3 is 2.92 bits per heavy atom. The Balaban J connectivity index is 1.65. The highest BCUT2D eigenvalue weighted by atomic mass is 16.3. The summed E-state index contributed by atoms with van der Waals surface area (Å²) in [6.45, 7) is 3.14. The number of aromatic nitrogens is 1. The summed E-state index contributed by atoms with van der Waals surface area (Å²) in [5.74, 6) is -0.210. The fraction of sp³-hybridized carbons (Fsp3) is 0.400. The second-order valence-corrected chi connectivity index (χ2v) is 6.74. The van der Waals surface area contributed by atoms with Crippen LogP contribution in [0.3, 0.4) is 0 Å².